The van der Waals surface area contributed by atoms with Crippen LogP contribution in [0.25, 0.3) is 0 Å². The summed E-state index contributed by atoms with van der Waals surface area (Å²) in [5.74, 6) is 0.679. The van der Waals surface area contributed by atoms with Crippen molar-refractivity contribution >= 4 is 11.8 Å². The predicted molar refractivity (Wildman–Crippen MR) is 100 cm³/mol. The first-order chi connectivity index (χ1) is 12.5. The average molecular weight is 352 g/mol. The molecule has 2 aromatic carbocycles. The van der Waals surface area contributed by atoms with Gasteiger partial charge in [0.1, 0.15) is 5.75 Å². The van der Waals surface area contributed by atoms with Gasteiger partial charge in [-0.05, 0) is 49.2 Å². The molecule has 5 heteroatoms. The smallest absolute Gasteiger partial charge is 0.260 e. The van der Waals surface area contributed by atoms with Crippen LogP contribution in [0.15, 0.2) is 48.5 Å². The highest BCUT2D eigenvalue weighted by molar-refractivity contribution is 5.94. The zero-order valence-electron chi connectivity index (χ0n) is 15.3. The van der Waals surface area contributed by atoms with E-state index in [0.29, 0.717) is 37.5 Å². The Hall–Kier alpha value is -2.82. The molecule has 0 radical (unpaired) electrons. The molecule has 1 fully saturated rings. The fourth-order valence-corrected chi connectivity index (χ4v) is 2.96. The SMILES string of the molecule is Cc1ccc(OCC(=O)N2CCN(C(=O)c3ccccc3)CC2)cc1C. The lowest BCUT2D eigenvalue weighted by Gasteiger charge is -2.34. The maximum absolute atomic E-state index is 12.4. The van der Waals surface area contributed by atoms with Crippen molar-refractivity contribution in [2.75, 3.05) is 32.8 Å². The average Bonchev–Trinajstić information content (AvgIpc) is 2.69. The molecule has 1 heterocycles. The third-order valence-corrected chi connectivity index (χ3v) is 4.78. The maximum Gasteiger partial charge on any atom is 0.260 e. The third-order valence-electron chi connectivity index (χ3n) is 4.78. The lowest BCUT2D eigenvalue weighted by molar-refractivity contribution is -0.134. The number of carbonyl (C=O) groups is 2. The van der Waals surface area contributed by atoms with Crippen LogP contribution in [-0.2, 0) is 4.79 Å². The molecule has 0 bridgehead atoms. The first kappa shape index (κ1) is 18.0. The van der Waals surface area contributed by atoms with Crippen LogP contribution in [0.1, 0.15) is 21.5 Å². The number of piperazine rings is 1. The highest BCUT2D eigenvalue weighted by Crippen LogP contribution is 2.16. The van der Waals surface area contributed by atoms with E-state index in [0.717, 1.165) is 5.56 Å². The van der Waals surface area contributed by atoms with E-state index >= 15 is 0 Å². The maximum atomic E-state index is 12.4. The predicted octanol–water partition coefficient (Wildman–Crippen LogP) is 2.67. The van der Waals surface area contributed by atoms with Crippen LogP contribution in [0, 0.1) is 13.8 Å². The van der Waals surface area contributed by atoms with Crippen LogP contribution < -0.4 is 4.74 Å². The highest BCUT2D eigenvalue weighted by Gasteiger charge is 2.24. The molecule has 1 aliphatic heterocycles. The molecule has 0 saturated carbocycles. The number of carbonyl (C=O) groups excluding carboxylic acids is 2. The van der Waals surface area contributed by atoms with Gasteiger partial charge in [0, 0.05) is 31.7 Å². The highest BCUT2D eigenvalue weighted by atomic mass is 16.5. The Bertz CT molecular complexity index is 781. The zero-order chi connectivity index (χ0) is 18.5. The Morgan fingerprint density at radius 3 is 2.19 bits per heavy atom. The molecule has 0 unspecified atom stereocenters. The molecule has 1 saturated heterocycles. The second-order valence-electron chi connectivity index (χ2n) is 6.57. The van der Waals surface area contributed by atoms with E-state index in [2.05, 4.69) is 0 Å². The summed E-state index contributed by atoms with van der Waals surface area (Å²) < 4.78 is 5.63. The Morgan fingerprint density at radius 1 is 0.885 bits per heavy atom. The largest absolute Gasteiger partial charge is 0.484 e. The monoisotopic (exact) mass is 352 g/mol. The van der Waals surface area contributed by atoms with Gasteiger partial charge in [-0.25, -0.2) is 0 Å². The van der Waals surface area contributed by atoms with Crippen molar-refractivity contribution < 1.29 is 14.3 Å². The molecule has 5 nitrogen and oxygen atoms in total. The van der Waals surface area contributed by atoms with Gasteiger partial charge in [-0.1, -0.05) is 24.3 Å². The third kappa shape index (κ3) is 4.23. The van der Waals surface area contributed by atoms with E-state index < -0.39 is 0 Å². The molecule has 1 aliphatic rings. The van der Waals surface area contributed by atoms with Crippen molar-refractivity contribution in [1.82, 2.24) is 9.80 Å². The molecule has 26 heavy (non-hydrogen) atoms. The zero-order valence-corrected chi connectivity index (χ0v) is 15.3. The summed E-state index contributed by atoms with van der Waals surface area (Å²) >= 11 is 0. The quantitative estimate of drug-likeness (QED) is 0.850. The Kier molecular flexibility index (Phi) is 5.56. The van der Waals surface area contributed by atoms with Gasteiger partial charge in [-0.15, -0.1) is 0 Å². The van der Waals surface area contributed by atoms with E-state index in [1.807, 2.05) is 62.4 Å². The van der Waals surface area contributed by atoms with Crippen molar-refractivity contribution in [3.8, 4) is 5.75 Å². The number of ether oxygens (including phenoxy) is 1. The molecule has 3 rings (SSSR count). The molecular formula is C21H24N2O3. The van der Waals surface area contributed by atoms with Crippen LogP contribution in [0.4, 0.5) is 0 Å². The lowest BCUT2D eigenvalue weighted by atomic mass is 10.1. The summed E-state index contributed by atoms with van der Waals surface area (Å²) in [4.78, 5) is 28.4. The summed E-state index contributed by atoms with van der Waals surface area (Å²) in [6.45, 7) is 6.25. The number of nitrogens with zero attached hydrogens (tertiary/aromatic N) is 2. The van der Waals surface area contributed by atoms with E-state index in [-0.39, 0.29) is 18.4 Å². The Morgan fingerprint density at radius 2 is 1.54 bits per heavy atom. The number of benzene rings is 2. The van der Waals surface area contributed by atoms with Gasteiger partial charge in [0.25, 0.3) is 11.8 Å². The van der Waals surface area contributed by atoms with Gasteiger partial charge < -0.3 is 14.5 Å². The van der Waals surface area contributed by atoms with Gasteiger partial charge in [0.2, 0.25) is 0 Å². The minimum absolute atomic E-state index is 0.0177. The summed E-state index contributed by atoms with van der Waals surface area (Å²) in [7, 11) is 0. The van der Waals surface area contributed by atoms with Gasteiger partial charge in [0.05, 0.1) is 0 Å². The molecule has 0 atom stereocenters. The van der Waals surface area contributed by atoms with E-state index in [1.165, 1.54) is 5.56 Å². The second kappa shape index (κ2) is 8.04. The van der Waals surface area contributed by atoms with Crippen molar-refractivity contribution in [1.29, 1.82) is 0 Å². The summed E-state index contributed by atoms with van der Waals surface area (Å²) in [5, 5.41) is 0. The van der Waals surface area contributed by atoms with Crippen LogP contribution in [-0.4, -0.2) is 54.4 Å². The van der Waals surface area contributed by atoms with Crippen LogP contribution in [0.2, 0.25) is 0 Å². The van der Waals surface area contributed by atoms with Gasteiger partial charge >= 0.3 is 0 Å². The molecule has 136 valence electrons. The molecular weight excluding hydrogens is 328 g/mol. The van der Waals surface area contributed by atoms with Crippen LogP contribution >= 0.6 is 0 Å². The first-order valence-corrected chi connectivity index (χ1v) is 8.87. The number of rotatable bonds is 4. The summed E-state index contributed by atoms with van der Waals surface area (Å²) in [6, 6.07) is 15.1. The fourth-order valence-electron chi connectivity index (χ4n) is 2.96. The molecule has 0 aromatic heterocycles. The first-order valence-electron chi connectivity index (χ1n) is 8.87. The topological polar surface area (TPSA) is 49.9 Å². The number of amides is 2. The minimum atomic E-state index is -0.0463. The van der Waals surface area contributed by atoms with Crippen LogP contribution in [0.5, 0.6) is 5.75 Å². The van der Waals surface area contributed by atoms with E-state index in [1.54, 1.807) is 9.80 Å². The Balaban J connectivity index is 1.49. The molecule has 2 amide bonds. The fraction of sp³-hybridized carbons (Fsp3) is 0.333. The van der Waals surface area contributed by atoms with Gasteiger partial charge in [-0.2, -0.15) is 0 Å². The second-order valence-corrected chi connectivity index (χ2v) is 6.57. The van der Waals surface area contributed by atoms with Crippen molar-refractivity contribution in [2.24, 2.45) is 0 Å². The van der Waals surface area contributed by atoms with Crippen LogP contribution in [0.3, 0.4) is 0 Å². The number of aryl methyl sites for hydroxylation is 2. The lowest BCUT2D eigenvalue weighted by Crippen LogP contribution is -2.51. The molecule has 0 spiro atoms. The molecule has 2 aromatic rings. The van der Waals surface area contributed by atoms with Crippen molar-refractivity contribution in [2.45, 2.75) is 13.8 Å². The van der Waals surface area contributed by atoms with Crippen molar-refractivity contribution in [3.63, 3.8) is 0 Å². The van der Waals surface area contributed by atoms with Crippen molar-refractivity contribution in [3.05, 3.63) is 65.2 Å². The number of hydrogen-bond donors (Lipinski definition) is 0. The summed E-state index contributed by atoms with van der Waals surface area (Å²) in [5.41, 5.74) is 3.02. The molecule has 0 aliphatic carbocycles. The number of hydrogen-bond acceptors (Lipinski definition) is 3. The Labute approximate surface area is 154 Å². The standard InChI is InChI=1S/C21H24N2O3/c1-16-8-9-19(14-17(16)2)26-15-20(24)22-10-12-23(13-11-22)21(25)18-6-4-3-5-7-18/h3-9,14H,10-13,15H2,1-2H3. The van der Waals surface area contributed by atoms with Gasteiger partial charge in [0.15, 0.2) is 6.61 Å². The summed E-state index contributed by atoms with van der Waals surface area (Å²) in [6.07, 6.45) is 0. The van der Waals surface area contributed by atoms with Gasteiger partial charge in [-0.3, -0.25) is 9.59 Å². The van der Waals surface area contributed by atoms with E-state index in [9.17, 15) is 9.59 Å². The normalized spacial score (nSPS) is 14.2. The minimum Gasteiger partial charge on any atom is -0.484 e. The molecule has 0 N–H and O–H groups in total. The van der Waals surface area contributed by atoms with E-state index in [4.69, 9.17) is 4.74 Å².